The van der Waals surface area contributed by atoms with Crippen molar-refractivity contribution in [3.05, 3.63) is 17.3 Å². The van der Waals surface area contributed by atoms with E-state index in [2.05, 4.69) is 4.98 Å². The molecule has 4 N–H and O–H groups in total. The first-order chi connectivity index (χ1) is 7.27. The van der Waals surface area contributed by atoms with Crippen LogP contribution in [0.5, 0.6) is 0 Å². The molecule has 1 heterocycles. The third kappa shape index (κ3) is 2.23. The van der Waals surface area contributed by atoms with E-state index in [-0.39, 0.29) is 0 Å². The number of halogens is 2. The summed E-state index contributed by atoms with van der Waals surface area (Å²) in [5.41, 5.74) is 3.30. The molecule has 0 aliphatic rings. The van der Waals surface area contributed by atoms with Gasteiger partial charge in [0, 0.05) is 6.07 Å². The minimum Gasteiger partial charge on any atom is -0.398 e. The van der Waals surface area contributed by atoms with Crippen LogP contribution < -0.4 is 10.9 Å². The van der Waals surface area contributed by atoms with Crippen molar-refractivity contribution in [2.24, 2.45) is 5.14 Å². The Bertz CT molecular complexity index is 564. The Kier molecular flexibility index (Phi) is 3.06. The van der Waals surface area contributed by atoms with Gasteiger partial charge >= 0.3 is 0 Å². The molecule has 0 radical (unpaired) electrons. The summed E-state index contributed by atoms with van der Waals surface area (Å²) >= 11 is 0. The molecule has 0 spiro atoms. The van der Waals surface area contributed by atoms with Crippen molar-refractivity contribution in [3.8, 4) is 6.07 Å². The van der Waals surface area contributed by atoms with Gasteiger partial charge in [-0.25, -0.2) is 27.3 Å². The Hall–Kier alpha value is -1.79. The molecular formula is C7H6F2N4O2S. The number of nitriles is 1. The number of pyridine rings is 1. The number of rotatable bonds is 2. The number of primary sulfonamides is 1. The van der Waals surface area contributed by atoms with Crippen LogP contribution in [0.15, 0.2) is 11.1 Å². The Labute approximate surface area is 89.5 Å². The maximum atomic E-state index is 12.5. The molecule has 1 rings (SSSR count). The lowest BCUT2D eigenvalue weighted by molar-refractivity contribution is 0.145. The van der Waals surface area contributed by atoms with E-state index in [0.717, 1.165) is 6.07 Å². The van der Waals surface area contributed by atoms with Gasteiger partial charge < -0.3 is 5.73 Å². The molecule has 0 atom stereocenters. The number of sulfonamides is 1. The van der Waals surface area contributed by atoms with E-state index in [9.17, 15) is 17.2 Å². The second kappa shape index (κ2) is 3.99. The van der Waals surface area contributed by atoms with Crippen LogP contribution >= 0.6 is 0 Å². The molecular weight excluding hydrogens is 242 g/mol. The average molecular weight is 248 g/mol. The topological polar surface area (TPSA) is 123 Å². The number of hydrogen-bond donors (Lipinski definition) is 2. The number of nitrogen functional groups attached to an aromatic ring is 1. The summed E-state index contributed by atoms with van der Waals surface area (Å²) in [5.74, 6) is 0. The van der Waals surface area contributed by atoms with E-state index in [1.165, 1.54) is 6.07 Å². The quantitative estimate of drug-likeness (QED) is 0.769. The number of anilines is 1. The fraction of sp³-hybridized carbons (Fsp3) is 0.143. The molecule has 9 heteroatoms. The van der Waals surface area contributed by atoms with Crippen molar-refractivity contribution in [1.82, 2.24) is 4.98 Å². The molecule has 0 saturated carbocycles. The third-order valence-electron chi connectivity index (χ3n) is 1.66. The van der Waals surface area contributed by atoms with Crippen molar-refractivity contribution < 1.29 is 17.2 Å². The van der Waals surface area contributed by atoms with Gasteiger partial charge in [0.1, 0.15) is 17.3 Å². The highest BCUT2D eigenvalue weighted by atomic mass is 32.2. The SMILES string of the molecule is N#Cc1c(N)cc(S(N)(=O)=O)nc1C(F)F. The second-order valence-electron chi connectivity index (χ2n) is 2.77. The smallest absolute Gasteiger partial charge is 0.281 e. The van der Waals surface area contributed by atoms with Crippen molar-refractivity contribution in [2.75, 3.05) is 5.73 Å². The minimum absolute atomic E-state index is 0.406. The second-order valence-corrected chi connectivity index (χ2v) is 4.28. The van der Waals surface area contributed by atoms with Gasteiger partial charge in [0.25, 0.3) is 16.4 Å². The van der Waals surface area contributed by atoms with E-state index in [4.69, 9.17) is 16.1 Å². The van der Waals surface area contributed by atoms with Crippen LogP contribution in [-0.2, 0) is 10.0 Å². The highest BCUT2D eigenvalue weighted by molar-refractivity contribution is 7.89. The maximum absolute atomic E-state index is 12.5. The Morgan fingerprint density at radius 3 is 2.44 bits per heavy atom. The molecule has 0 aromatic carbocycles. The van der Waals surface area contributed by atoms with Gasteiger partial charge in [0.05, 0.1) is 5.69 Å². The zero-order valence-corrected chi connectivity index (χ0v) is 8.50. The highest BCUT2D eigenvalue weighted by Crippen LogP contribution is 2.26. The van der Waals surface area contributed by atoms with Crippen LogP contribution in [0.1, 0.15) is 17.7 Å². The van der Waals surface area contributed by atoms with Gasteiger partial charge in [0.2, 0.25) is 0 Å². The van der Waals surface area contributed by atoms with Crippen LogP contribution in [0.25, 0.3) is 0 Å². The molecule has 0 unspecified atom stereocenters. The third-order valence-corrected chi connectivity index (χ3v) is 2.46. The lowest BCUT2D eigenvalue weighted by atomic mass is 10.2. The molecule has 0 amide bonds. The van der Waals surface area contributed by atoms with Crippen molar-refractivity contribution in [3.63, 3.8) is 0 Å². The first-order valence-electron chi connectivity index (χ1n) is 3.79. The van der Waals surface area contributed by atoms with Crippen LogP contribution in [0.3, 0.4) is 0 Å². The van der Waals surface area contributed by atoms with Crippen molar-refractivity contribution >= 4 is 15.7 Å². The van der Waals surface area contributed by atoms with E-state index in [1.54, 1.807) is 0 Å². The van der Waals surface area contributed by atoms with Gasteiger partial charge in [-0.1, -0.05) is 0 Å². The molecule has 16 heavy (non-hydrogen) atoms. The largest absolute Gasteiger partial charge is 0.398 e. The summed E-state index contributed by atoms with van der Waals surface area (Å²) in [5, 5.41) is 12.5. The van der Waals surface area contributed by atoms with Crippen LogP contribution in [-0.4, -0.2) is 13.4 Å². The van der Waals surface area contributed by atoms with Crippen LogP contribution in [0.2, 0.25) is 0 Å². The summed E-state index contributed by atoms with van der Waals surface area (Å²) in [7, 11) is -4.24. The van der Waals surface area contributed by atoms with Gasteiger partial charge in [-0.2, -0.15) is 5.26 Å². The summed E-state index contributed by atoms with van der Waals surface area (Å²) in [6, 6.07) is 2.18. The predicted octanol–water partition coefficient (Wildman–Crippen LogP) is 0.120. The summed E-state index contributed by atoms with van der Waals surface area (Å²) in [4.78, 5) is 3.11. The molecule has 0 saturated heterocycles. The number of alkyl halides is 2. The van der Waals surface area contributed by atoms with Gasteiger partial charge in [0.15, 0.2) is 5.03 Å². The lowest BCUT2D eigenvalue weighted by Gasteiger charge is -2.07. The number of hydrogen-bond acceptors (Lipinski definition) is 5. The number of aromatic nitrogens is 1. The van der Waals surface area contributed by atoms with E-state index < -0.39 is 38.4 Å². The van der Waals surface area contributed by atoms with Gasteiger partial charge in [-0.15, -0.1) is 0 Å². The van der Waals surface area contributed by atoms with E-state index in [1.807, 2.05) is 0 Å². The minimum atomic E-state index is -4.24. The van der Waals surface area contributed by atoms with Crippen LogP contribution in [0, 0.1) is 11.3 Å². The van der Waals surface area contributed by atoms with Gasteiger partial charge in [-0.05, 0) is 0 Å². The fourth-order valence-corrected chi connectivity index (χ4v) is 1.50. The Balaban J connectivity index is 3.61. The highest BCUT2D eigenvalue weighted by Gasteiger charge is 2.22. The Morgan fingerprint density at radius 1 is 1.50 bits per heavy atom. The maximum Gasteiger partial charge on any atom is 0.281 e. The molecule has 0 aliphatic heterocycles. The fourth-order valence-electron chi connectivity index (χ4n) is 0.985. The van der Waals surface area contributed by atoms with Crippen molar-refractivity contribution in [1.29, 1.82) is 5.26 Å². The molecule has 1 aromatic rings. The molecule has 1 aromatic heterocycles. The Morgan fingerprint density at radius 2 is 2.06 bits per heavy atom. The van der Waals surface area contributed by atoms with E-state index in [0.29, 0.717) is 0 Å². The number of nitrogens with zero attached hydrogens (tertiary/aromatic N) is 2. The zero-order chi connectivity index (χ0) is 12.5. The average Bonchev–Trinajstić information content (AvgIpc) is 2.14. The molecule has 0 aliphatic carbocycles. The standard InChI is InChI=1S/C7H6F2N4O2S/c8-7(9)6-3(2-10)4(11)1-5(13-6)16(12,14)15/h1,7H,(H2,11,13)(H2,12,14,15). The molecule has 86 valence electrons. The molecule has 0 bridgehead atoms. The number of nitrogens with two attached hydrogens (primary N) is 2. The van der Waals surface area contributed by atoms with E-state index >= 15 is 0 Å². The first kappa shape index (κ1) is 12.3. The van der Waals surface area contributed by atoms with Crippen molar-refractivity contribution in [2.45, 2.75) is 11.5 Å². The predicted molar refractivity (Wildman–Crippen MR) is 49.7 cm³/mol. The summed E-state index contributed by atoms with van der Waals surface area (Å²) < 4.78 is 46.7. The molecule has 6 nitrogen and oxygen atoms in total. The first-order valence-corrected chi connectivity index (χ1v) is 5.33. The summed E-state index contributed by atoms with van der Waals surface area (Å²) in [6.45, 7) is 0. The monoisotopic (exact) mass is 248 g/mol. The molecule has 0 fully saturated rings. The van der Waals surface area contributed by atoms with Crippen LogP contribution in [0.4, 0.5) is 14.5 Å². The summed E-state index contributed by atoms with van der Waals surface area (Å²) in [6.07, 6.45) is -3.11. The normalized spacial score (nSPS) is 11.4. The van der Waals surface area contributed by atoms with Gasteiger partial charge in [-0.3, -0.25) is 0 Å². The lowest BCUT2D eigenvalue weighted by Crippen LogP contribution is -2.16. The zero-order valence-electron chi connectivity index (χ0n) is 7.68.